The van der Waals surface area contributed by atoms with E-state index < -0.39 is 0 Å². The van der Waals surface area contributed by atoms with Gasteiger partial charge in [-0.2, -0.15) is 0 Å². The third-order valence-electron chi connectivity index (χ3n) is 3.38. The van der Waals surface area contributed by atoms with E-state index in [0.29, 0.717) is 6.04 Å². The SMILES string of the molecule is CCNC(c1ccc(CC)o1)C1CCC1. The van der Waals surface area contributed by atoms with Crippen molar-refractivity contribution in [2.24, 2.45) is 5.92 Å². The quantitative estimate of drug-likeness (QED) is 0.801. The van der Waals surface area contributed by atoms with E-state index in [2.05, 4.69) is 31.3 Å². The van der Waals surface area contributed by atoms with E-state index in [9.17, 15) is 0 Å². The highest BCUT2D eigenvalue weighted by Crippen LogP contribution is 2.38. The lowest BCUT2D eigenvalue weighted by atomic mass is 9.79. The second-order valence-corrected chi connectivity index (χ2v) is 4.38. The lowest BCUT2D eigenvalue weighted by Crippen LogP contribution is -2.31. The van der Waals surface area contributed by atoms with E-state index in [1.165, 1.54) is 19.3 Å². The Balaban J connectivity index is 2.08. The molecular weight excluding hydrogens is 186 g/mol. The molecule has 2 nitrogen and oxygen atoms in total. The summed E-state index contributed by atoms with van der Waals surface area (Å²) in [6, 6.07) is 4.70. The Morgan fingerprint density at radius 1 is 1.40 bits per heavy atom. The first-order valence-electron chi connectivity index (χ1n) is 6.17. The highest BCUT2D eigenvalue weighted by molar-refractivity contribution is 5.12. The van der Waals surface area contributed by atoms with Gasteiger partial charge in [0.15, 0.2) is 0 Å². The molecule has 1 atom stereocenters. The summed E-state index contributed by atoms with van der Waals surface area (Å²) in [6.45, 7) is 5.31. The number of aryl methyl sites for hydroxylation is 1. The molecule has 0 spiro atoms. The van der Waals surface area contributed by atoms with Crippen LogP contribution in [0.1, 0.15) is 50.7 Å². The van der Waals surface area contributed by atoms with E-state index in [1.807, 2.05) is 0 Å². The molecule has 15 heavy (non-hydrogen) atoms. The monoisotopic (exact) mass is 207 g/mol. The lowest BCUT2D eigenvalue weighted by Gasteiger charge is -2.33. The Morgan fingerprint density at radius 3 is 2.67 bits per heavy atom. The number of hydrogen-bond acceptors (Lipinski definition) is 2. The zero-order valence-electron chi connectivity index (χ0n) is 9.75. The number of nitrogens with one attached hydrogen (secondary N) is 1. The number of rotatable bonds is 5. The van der Waals surface area contributed by atoms with E-state index in [1.54, 1.807) is 0 Å². The molecule has 1 heterocycles. The van der Waals surface area contributed by atoms with Crippen molar-refractivity contribution in [1.82, 2.24) is 5.32 Å². The molecule has 2 rings (SSSR count). The molecule has 1 saturated carbocycles. The van der Waals surface area contributed by atoms with Gasteiger partial charge in [-0.1, -0.05) is 20.3 Å². The van der Waals surface area contributed by atoms with Gasteiger partial charge < -0.3 is 9.73 Å². The summed E-state index contributed by atoms with van der Waals surface area (Å²) in [5.41, 5.74) is 0. The molecule has 84 valence electrons. The Hall–Kier alpha value is -0.760. The maximum atomic E-state index is 5.84. The van der Waals surface area contributed by atoms with Crippen LogP contribution in [0.4, 0.5) is 0 Å². The van der Waals surface area contributed by atoms with Gasteiger partial charge in [-0.25, -0.2) is 0 Å². The van der Waals surface area contributed by atoms with Gasteiger partial charge >= 0.3 is 0 Å². The normalized spacial score (nSPS) is 18.8. The fraction of sp³-hybridized carbons (Fsp3) is 0.692. The first kappa shape index (κ1) is 10.7. The van der Waals surface area contributed by atoms with E-state index in [4.69, 9.17) is 4.42 Å². The van der Waals surface area contributed by atoms with Gasteiger partial charge in [0.25, 0.3) is 0 Å². The van der Waals surface area contributed by atoms with Gasteiger partial charge in [-0.05, 0) is 37.4 Å². The Kier molecular flexibility index (Phi) is 3.47. The minimum absolute atomic E-state index is 0.448. The molecule has 1 unspecified atom stereocenters. The molecule has 2 heteroatoms. The average molecular weight is 207 g/mol. The van der Waals surface area contributed by atoms with Crippen LogP contribution in [0.25, 0.3) is 0 Å². The molecule has 1 N–H and O–H groups in total. The molecule has 0 bridgehead atoms. The van der Waals surface area contributed by atoms with Crippen molar-refractivity contribution in [3.63, 3.8) is 0 Å². The molecular formula is C13H21NO. The first-order chi connectivity index (χ1) is 7.35. The zero-order valence-corrected chi connectivity index (χ0v) is 9.75. The van der Waals surface area contributed by atoms with Crippen molar-refractivity contribution in [2.75, 3.05) is 6.54 Å². The highest BCUT2D eigenvalue weighted by Gasteiger charge is 2.29. The summed E-state index contributed by atoms with van der Waals surface area (Å²) < 4.78 is 5.84. The van der Waals surface area contributed by atoms with Gasteiger partial charge in [0.2, 0.25) is 0 Å². The summed E-state index contributed by atoms with van der Waals surface area (Å²) in [4.78, 5) is 0. The largest absolute Gasteiger partial charge is 0.464 e. The molecule has 0 aromatic carbocycles. The highest BCUT2D eigenvalue weighted by atomic mass is 16.3. The molecule has 1 fully saturated rings. The molecule has 0 radical (unpaired) electrons. The first-order valence-corrected chi connectivity index (χ1v) is 6.17. The van der Waals surface area contributed by atoms with E-state index in [0.717, 1.165) is 30.4 Å². The predicted molar refractivity (Wildman–Crippen MR) is 61.8 cm³/mol. The van der Waals surface area contributed by atoms with Crippen molar-refractivity contribution < 1.29 is 4.42 Å². The molecule has 0 amide bonds. The second-order valence-electron chi connectivity index (χ2n) is 4.38. The maximum Gasteiger partial charge on any atom is 0.121 e. The summed E-state index contributed by atoms with van der Waals surface area (Å²) in [5.74, 6) is 3.03. The van der Waals surface area contributed by atoms with Gasteiger partial charge in [0.05, 0.1) is 6.04 Å². The van der Waals surface area contributed by atoms with Crippen molar-refractivity contribution in [3.8, 4) is 0 Å². The minimum Gasteiger partial charge on any atom is -0.464 e. The second kappa shape index (κ2) is 4.84. The minimum atomic E-state index is 0.448. The lowest BCUT2D eigenvalue weighted by molar-refractivity contribution is 0.208. The Bertz CT molecular complexity index is 301. The fourth-order valence-corrected chi connectivity index (χ4v) is 2.24. The Morgan fingerprint density at radius 2 is 2.20 bits per heavy atom. The van der Waals surface area contributed by atoms with Crippen LogP contribution in [-0.4, -0.2) is 6.54 Å². The third-order valence-corrected chi connectivity index (χ3v) is 3.38. The van der Waals surface area contributed by atoms with Crippen LogP contribution in [0.5, 0.6) is 0 Å². The third kappa shape index (κ3) is 2.25. The summed E-state index contributed by atoms with van der Waals surface area (Å²) in [7, 11) is 0. The fourth-order valence-electron chi connectivity index (χ4n) is 2.24. The van der Waals surface area contributed by atoms with Crippen LogP contribution < -0.4 is 5.32 Å². The van der Waals surface area contributed by atoms with Crippen molar-refractivity contribution in [1.29, 1.82) is 0 Å². The molecule has 1 aromatic rings. The van der Waals surface area contributed by atoms with Gasteiger partial charge in [-0.3, -0.25) is 0 Å². The summed E-state index contributed by atoms with van der Waals surface area (Å²) in [5, 5.41) is 3.54. The number of furan rings is 1. The molecule has 0 saturated heterocycles. The molecule has 0 aliphatic heterocycles. The molecule has 1 aliphatic rings. The van der Waals surface area contributed by atoms with Crippen LogP contribution in [-0.2, 0) is 6.42 Å². The zero-order chi connectivity index (χ0) is 10.7. The summed E-state index contributed by atoms with van der Waals surface area (Å²) >= 11 is 0. The summed E-state index contributed by atoms with van der Waals surface area (Å²) in [6.07, 6.45) is 5.07. The standard InChI is InChI=1S/C13H21NO/c1-3-11-8-9-12(15-11)13(14-4-2)10-6-5-7-10/h8-10,13-14H,3-7H2,1-2H3. The average Bonchev–Trinajstić information content (AvgIpc) is 2.62. The van der Waals surface area contributed by atoms with Crippen LogP contribution in [0, 0.1) is 5.92 Å². The Labute approximate surface area is 92.1 Å². The van der Waals surface area contributed by atoms with E-state index >= 15 is 0 Å². The number of hydrogen-bond donors (Lipinski definition) is 1. The molecule has 1 aliphatic carbocycles. The van der Waals surface area contributed by atoms with Gasteiger partial charge in [0, 0.05) is 6.42 Å². The van der Waals surface area contributed by atoms with Gasteiger partial charge in [0.1, 0.15) is 11.5 Å². The van der Waals surface area contributed by atoms with Crippen LogP contribution in [0.3, 0.4) is 0 Å². The smallest absolute Gasteiger partial charge is 0.121 e. The van der Waals surface area contributed by atoms with Crippen LogP contribution in [0.2, 0.25) is 0 Å². The van der Waals surface area contributed by atoms with Crippen molar-refractivity contribution >= 4 is 0 Å². The van der Waals surface area contributed by atoms with Crippen LogP contribution >= 0.6 is 0 Å². The van der Waals surface area contributed by atoms with E-state index in [-0.39, 0.29) is 0 Å². The van der Waals surface area contributed by atoms with Gasteiger partial charge in [-0.15, -0.1) is 0 Å². The predicted octanol–water partition coefficient (Wildman–Crippen LogP) is 3.29. The molecule has 1 aromatic heterocycles. The van der Waals surface area contributed by atoms with Crippen LogP contribution in [0.15, 0.2) is 16.5 Å². The van der Waals surface area contributed by atoms with Crippen molar-refractivity contribution in [2.45, 2.75) is 45.6 Å². The van der Waals surface area contributed by atoms with Crippen molar-refractivity contribution in [3.05, 3.63) is 23.7 Å². The maximum absolute atomic E-state index is 5.84. The topological polar surface area (TPSA) is 25.2 Å².